The molecule has 1 atom stereocenters. The molecule has 2 fully saturated rings. The molecule has 2 aliphatic rings. The van der Waals surface area contributed by atoms with Crippen LogP contribution in [0.25, 0.3) is 0 Å². The first kappa shape index (κ1) is 24.5. The Labute approximate surface area is 202 Å². The number of carbonyl (C=O) groups is 3. The maximum Gasteiger partial charge on any atom is 0.414 e. The average molecular weight is 489 g/mol. The number of benzene rings is 1. The third-order valence-corrected chi connectivity index (χ3v) is 5.93. The van der Waals surface area contributed by atoms with E-state index < -0.39 is 24.0 Å². The SMILES string of the molecule is CCOC(=O)c1ccc(CN2CCN(c3ccc(N4C[C@H](CNC(C)=O)OC4=O)cc3F)CC2)o1. The second-order valence-corrected chi connectivity index (χ2v) is 8.44. The summed E-state index contributed by atoms with van der Waals surface area (Å²) < 4.78 is 30.8. The quantitative estimate of drug-likeness (QED) is 0.565. The molecule has 1 aromatic heterocycles. The molecule has 1 aromatic carbocycles. The lowest BCUT2D eigenvalue weighted by atomic mass is 10.2. The fraction of sp³-hybridized carbons (Fsp3) is 0.458. The van der Waals surface area contributed by atoms with Crippen molar-refractivity contribution in [1.82, 2.24) is 10.2 Å². The van der Waals surface area contributed by atoms with Gasteiger partial charge in [0.05, 0.1) is 37.6 Å². The summed E-state index contributed by atoms with van der Waals surface area (Å²) in [6, 6.07) is 8.09. The number of carbonyl (C=O) groups excluding carboxylic acids is 3. The van der Waals surface area contributed by atoms with Crippen LogP contribution < -0.4 is 15.1 Å². The number of ether oxygens (including phenoxy) is 2. The molecule has 0 aliphatic carbocycles. The van der Waals surface area contributed by atoms with Crippen molar-refractivity contribution in [2.45, 2.75) is 26.5 Å². The molecular weight excluding hydrogens is 459 g/mol. The van der Waals surface area contributed by atoms with E-state index in [1.165, 1.54) is 17.9 Å². The van der Waals surface area contributed by atoms with Crippen LogP contribution in [0.2, 0.25) is 0 Å². The average Bonchev–Trinajstić information content (AvgIpc) is 3.45. The summed E-state index contributed by atoms with van der Waals surface area (Å²) in [5.74, 6) is -0.245. The molecule has 2 saturated heterocycles. The Bertz CT molecular complexity index is 1080. The van der Waals surface area contributed by atoms with Crippen LogP contribution in [-0.2, 0) is 20.8 Å². The van der Waals surface area contributed by atoms with Crippen molar-refractivity contribution in [2.75, 3.05) is 55.7 Å². The van der Waals surface area contributed by atoms with Crippen LogP contribution in [0.15, 0.2) is 34.7 Å². The minimum atomic E-state index is -0.565. The van der Waals surface area contributed by atoms with E-state index >= 15 is 4.39 Å². The number of hydrogen-bond donors (Lipinski definition) is 1. The summed E-state index contributed by atoms with van der Waals surface area (Å²) in [7, 11) is 0. The van der Waals surface area contributed by atoms with Crippen molar-refractivity contribution in [3.05, 3.63) is 47.7 Å². The normalized spacial score (nSPS) is 18.5. The lowest BCUT2D eigenvalue weighted by molar-refractivity contribution is -0.119. The van der Waals surface area contributed by atoms with E-state index in [-0.39, 0.29) is 31.4 Å². The summed E-state index contributed by atoms with van der Waals surface area (Å²) in [4.78, 5) is 40.5. The molecule has 0 unspecified atom stereocenters. The predicted octanol–water partition coefficient (Wildman–Crippen LogP) is 2.38. The Balaban J connectivity index is 1.31. The number of halogens is 1. The molecule has 188 valence electrons. The second kappa shape index (κ2) is 10.8. The molecule has 0 radical (unpaired) electrons. The second-order valence-electron chi connectivity index (χ2n) is 8.44. The standard InChI is InChI=1S/C24H29FN4O6/c1-3-33-23(31)22-7-5-18(34-22)14-27-8-10-28(11-9-27)21-6-4-17(12-20(21)25)29-15-19(35-24(29)32)13-26-16(2)30/h4-7,12,19H,3,8-11,13-15H2,1-2H3,(H,26,30)/t19-/m0/s1. The van der Waals surface area contributed by atoms with Gasteiger partial charge in [0.2, 0.25) is 11.7 Å². The Morgan fingerprint density at radius 3 is 2.63 bits per heavy atom. The summed E-state index contributed by atoms with van der Waals surface area (Å²) in [5, 5.41) is 2.62. The minimum Gasteiger partial charge on any atom is -0.460 e. The molecule has 11 heteroatoms. The molecule has 35 heavy (non-hydrogen) atoms. The number of hydrogen-bond acceptors (Lipinski definition) is 8. The van der Waals surface area contributed by atoms with E-state index in [0.29, 0.717) is 49.9 Å². The molecule has 0 saturated carbocycles. The van der Waals surface area contributed by atoms with Gasteiger partial charge in [-0.2, -0.15) is 0 Å². The largest absolute Gasteiger partial charge is 0.460 e. The third kappa shape index (κ3) is 5.91. The zero-order valence-corrected chi connectivity index (χ0v) is 19.8. The van der Waals surface area contributed by atoms with E-state index in [9.17, 15) is 14.4 Å². The maximum absolute atomic E-state index is 15.0. The van der Waals surface area contributed by atoms with E-state index in [1.807, 2.05) is 4.90 Å². The number of furan rings is 1. The number of piperazine rings is 1. The first-order valence-electron chi connectivity index (χ1n) is 11.6. The number of esters is 1. The Morgan fingerprint density at radius 1 is 1.17 bits per heavy atom. The van der Waals surface area contributed by atoms with Gasteiger partial charge >= 0.3 is 12.1 Å². The Morgan fingerprint density at radius 2 is 1.94 bits per heavy atom. The van der Waals surface area contributed by atoms with Crippen molar-refractivity contribution >= 4 is 29.3 Å². The number of nitrogens with zero attached hydrogens (tertiary/aromatic N) is 3. The van der Waals surface area contributed by atoms with Crippen LogP contribution in [-0.4, -0.2) is 74.8 Å². The Kier molecular flexibility index (Phi) is 7.54. The lowest BCUT2D eigenvalue weighted by Gasteiger charge is -2.36. The molecule has 4 rings (SSSR count). The molecule has 1 N–H and O–H groups in total. The lowest BCUT2D eigenvalue weighted by Crippen LogP contribution is -2.46. The summed E-state index contributed by atoms with van der Waals surface area (Å²) >= 11 is 0. The van der Waals surface area contributed by atoms with Gasteiger partial charge in [-0.25, -0.2) is 14.0 Å². The van der Waals surface area contributed by atoms with E-state index in [2.05, 4.69) is 10.2 Å². The number of cyclic esters (lactones) is 1. The third-order valence-electron chi connectivity index (χ3n) is 5.93. The summed E-state index contributed by atoms with van der Waals surface area (Å²) in [5.41, 5.74) is 0.883. The number of nitrogens with one attached hydrogen (secondary N) is 1. The summed E-state index contributed by atoms with van der Waals surface area (Å²) in [6.07, 6.45) is -1.05. The van der Waals surface area contributed by atoms with Gasteiger partial charge in [0.25, 0.3) is 0 Å². The van der Waals surface area contributed by atoms with Gasteiger partial charge in [0.15, 0.2) is 0 Å². The molecule has 2 aliphatic heterocycles. The fourth-order valence-electron chi connectivity index (χ4n) is 4.16. The minimum absolute atomic E-state index is 0.186. The topological polar surface area (TPSA) is 105 Å². The highest BCUT2D eigenvalue weighted by atomic mass is 19.1. The van der Waals surface area contributed by atoms with Gasteiger partial charge in [0, 0.05) is 33.1 Å². The molecule has 0 bridgehead atoms. The number of anilines is 2. The summed E-state index contributed by atoms with van der Waals surface area (Å²) in [6.45, 7) is 7.04. The van der Waals surface area contributed by atoms with Crippen LogP contribution >= 0.6 is 0 Å². The molecule has 0 spiro atoms. The molecule has 2 aromatic rings. The van der Waals surface area contributed by atoms with Gasteiger partial charge in [-0.1, -0.05) is 0 Å². The first-order valence-corrected chi connectivity index (χ1v) is 11.6. The van der Waals surface area contributed by atoms with E-state index in [0.717, 1.165) is 0 Å². The van der Waals surface area contributed by atoms with Crippen molar-refractivity contribution < 1.29 is 32.7 Å². The van der Waals surface area contributed by atoms with Crippen LogP contribution in [0.3, 0.4) is 0 Å². The van der Waals surface area contributed by atoms with Crippen LogP contribution in [0.1, 0.15) is 30.2 Å². The zero-order valence-electron chi connectivity index (χ0n) is 19.8. The van der Waals surface area contributed by atoms with Gasteiger partial charge in [0.1, 0.15) is 17.7 Å². The van der Waals surface area contributed by atoms with Crippen molar-refractivity contribution in [1.29, 1.82) is 0 Å². The monoisotopic (exact) mass is 488 g/mol. The van der Waals surface area contributed by atoms with Gasteiger partial charge in [-0.3, -0.25) is 14.6 Å². The first-order chi connectivity index (χ1) is 16.8. The smallest absolute Gasteiger partial charge is 0.414 e. The van der Waals surface area contributed by atoms with Crippen LogP contribution in [0.4, 0.5) is 20.6 Å². The van der Waals surface area contributed by atoms with Gasteiger partial charge in [-0.05, 0) is 37.3 Å². The fourth-order valence-corrected chi connectivity index (χ4v) is 4.16. The number of rotatable bonds is 8. The predicted molar refractivity (Wildman–Crippen MR) is 125 cm³/mol. The molecule has 3 heterocycles. The number of amides is 2. The zero-order chi connectivity index (χ0) is 24.9. The van der Waals surface area contributed by atoms with Crippen molar-refractivity contribution in [2.24, 2.45) is 0 Å². The van der Waals surface area contributed by atoms with E-state index in [1.54, 1.807) is 31.2 Å². The van der Waals surface area contributed by atoms with Gasteiger partial charge in [-0.15, -0.1) is 0 Å². The van der Waals surface area contributed by atoms with Crippen molar-refractivity contribution in [3.8, 4) is 0 Å². The van der Waals surface area contributed by atoms with Crippen LogP contribution in [0.5, 0.6) is 0 Å². The highest BCUT2D eigenvalue weighted by Gasteiger charge is 2.33. The van der Waals surface area contributed by atoms with Crippen molar-refractivity contribution in [3.63, 3.8) is 0 Å². The Hall–Kier alpha value is -3.60. The molecule has 10 nitrogen and oxygen atoms in total. The van der Waals surface area contributed by atoms with E-state index in [4.69, 9.17) is 13.9 Å². The maximum atomic E-state index is 15.0. The van der Waals surface area contributed by atoms with Gasteiger partial charge < -0.3 is 24.1 Å². The highest BCUT2D eigenvalue weighted by Crippen LogP contribution is 2.28. The van der Waals surface area contributed by atoms with Crippen LogP contribution in [0, 0.1) is 5.82 Å². The molecule has 2 amide bonds. The highest BCUT2D eigenvalue weighted by molar-refractivity contribution is 5.90. The molecular formula is C24H29FN4O6.